The Hall–Kier alpha value is -1.49. The molecule has 0 bridgehead atoms. The number of carbonyl (C=O) groups excluding carboxylic acids is 1. The van der Waals surface area contributed by atoms with Crippen molar-refractivity contribution in [1.29, 1.82) is 0 Å². The number of phenolic OH excluding ortho intramolecular Hbond substituents is 1. The highest BCUT2D eigenvalue weighted by atomic mass is 32.2. The van der Waals surface area contributed by atoms with Crippen LogP contribution in [-0.4, -0.2) is 27.5 Å². The van der Waals surface area contributed by atoms with Crippen molar-refractivity contribution in [3.8, 4) is 5.75 Å². The second kappa shape index (κ2) is 7.86. The number of thioether (sulfide) groups is 1. The number of hydrogen-bond donors (Lipinski definition) is 2. The Morgan fingerprint density at radius 3 is 2.43 bits per heavy atom. The van der Waals surface area contributed by atoms with Crippen LogP contribution in [0.5, 0.6) is 5.75 Å². The van der Waals surface area contributed by atoms with Gasteiger partial charge in [0.1, 0.15) is 5.75 Å². The highest BCUT2D eigenvalue weighted by Gasteiger charge is 2.30. The molecule has 1 atom stereocenters. The number of nitrogens with zero attached hydrogens (tertiary/aromatic N) is 1. The van der Waals surface area contributed by atoms with Gasteiger partial charge in [0.2, 0.25) is 5.91 Å². The van der Waals surface area contributed by atoms with Gasteiger partial charge < -0.3 is 10.4 Å². The lowest BCUT2D eigenvalue weighted by Crippen LogP contribution is -2.26. The minimum atomic E-state index is -0.119. The van der Waals surface area contributed by atoms with Crippen molar-refractivity contribution in [3.63, 3.8) is 0 Å². The second-order valence-corrected chi connectivity index (χ2v) is 7.59. The average Bonchev–Trinajstić information content (AvgIpc) is 2.84. The number of aromatic hydroxyl groups is 1. The predicted molar refractivity (Wildman–Crippen MR) is 94.9 cm³/mol. The number of amidine groups is 1. The fourth-order valence-electron chi connectivity index (χ4n) is 3.18. The quantitative estimate of drug-likeness (QED) is 0.888. The van der Waals surface area contributed by atoms with E-state index in [4.69, 9.17) is 4.99 Å². The zero-order chi connectivity index (χ0) is 16.1. The number of benzene rings is 1. The van der Waals surface area contributed by atoms with E-state index >= 15 is 0 Å². The molecule has 1 amide bonds. The molecule has 1 saturated carbocycles. The van der Waals surface area contributed by atoms with Gasteiger partial charge in [-0.2, -0.15) is 0 Å². The van der Waals surface area contributed by atoms with Crippen LogP contribution < -0.4 is 5.32 Å². The van der Waals surface area contributed by atoms with Crippen molar-refractivity contribution in [2.45, 2.75) is 62.7 Å². The van der Waals surface area contributed by atoms with Gasteiger partial charge in [-0.25, -0.2) is 0 Å². The van der Waals surface area contributed by atoms with Crippen LogP contribution in [0.1, 0.15) is 50.5 Å². The first-order valence-corrected chi connectivity index (χ1v) is 9.42. The molecule has 4 nitrogen and oxygen atoms in total. The summed E-state index contributed by atoms with van der Waals surface area (Å²) in [6, 6.07) is 7.43. The Morgan fingerprint density at radius 1 is 1.09 bits per heavy atom. The lowest BCUT2D eigenvalue weighted by atomic mass is 9.97. The van der Waals surface area contributed by atoms with Crippen molar-refractivity contribution in [2.75, 3.05) is 0 Å². The van der Waals surface area contributed by atoms with E-state index in [2.05, 4.69) is 5.32 Å². The molecular formula is C18H24N2O2S. The van der Waals surface area contributed by atoms with Crippen molar-refractivity contribution in [2.24, 2.45) is 4.99 Å². The second-order valence-electron chi connectivity index (χ2n) is 6.40. The monoisotopic (exact) mass is 332 g/mol. The number of aliphatic imine (C=N–C) groups is 1. The van der Waals surface area contributed by atoms with Crippen LogP contribution in [0, 0.1) is 0 Å². The number of amides is 1. The van der Waals surface area contributed by atoms with Gasteiger partial charge in [-0.05, 0) is 37.0 Å². The molecule has 2 aliphatic rings. The van der Waals surface area contributed by atoms with E-state index in [0.717, 1.165) is 23.6 Å². The molecule has 0 aromatic heterocycles. The van der Waals surface area contributed by atoms with Gasteiger partial charge in [-0.15, -0.1) is 0 Å². The van der Waals surface area contributed by atoms with E-state index in [1.54, 1.807) is 23.9 Å². The van der Waals surface area contributed by atoms with Gasteiger partial charge in [0.15, 0.2) is 5.17 Å². The molecule has 124 valence electrons. The molecule has 1 unspecified atom stereocenters. The molecular weight excluding hydrogens is 308 g/mol. The maximum absolute atomic E-state index is 12.2. The van der Waals surface area contributed by atoms with Gasteiger partial charge in [-0.1, -0.05) is 56.0 Å². The van der Waals surface area contributed by atoms with E-state index in [9.17, 15) is 9.90 Å². The minimum absolute atomic E-state index is 0.0488. The Morgan fingerprint density at radius 2 is 1.74 bits per heavy atom. The summed E-state index contributed by atoms with van der Waals surface area (Å²) in [5.74, 6) is 0.302. The van der Waals surface area contributed by atoms with Crippen LogP contribution >= 0.6 is 11.8 Å². The van der Waals surface area contributed by atoms with Gasteiger partial charge >= 0.3 is 0 Å². The molecule has 5 heteroatoms. The third kappa shape index (κ3) is 4.74. The number of phenols is 1. The lowest BCUT2D eigenvalue weighted by molar-refractivity contribution is -0.118. The molecule has 3 rings (SSSR count). The van der Waals surface area contributed by atoms with Gasteiger partial charge in [0.05, 0.1) is 11.3 Å². The summed E-state index contributed by atoms with van der Waals surface area (Å²) >= 11 is 1.55. The standard InChI is InChI=1S/C18H24N2O2S/c21-15-10-8-13(9-11-15)12-16-17(22)20-18(23-16)19-14-6-4-2-1-3-5-7-14/h8-11,14,16,21H,1-7,12H2,(H,19,20,22). The van der Waals surface area contributed by atoms with Crippen LogP contribution in [0.4, 0.5) is 0 Å². The Kier molecular flexibility index (Phi) is 5.60. The molecule has 1 aliphatic heterocycles. The van der Waals surface area contributed by atoms with E-state index in [-0.39, 0.29) is 16.9 Å². The SMILES string of the molecule is O=C1NC(=NC2CCCCCCC2)SC1Cc1ccc(O)cc1. The Balaban J connectivity index is 1.59. The summed E-state index contributed by atoms with van der Waals surface area (Å²) in [7, 11) is 0. The number of nitrogens with one attached hydrogen (secondary N) is 1. The molecule has 1 heterocycles. The predicted octanol–water partition coefficient (Wildman–Crippen LogP) is 3.64. The summed E-state index contributed by atoms with van der Waals surface area (Å²) in [4.78, 5) is 17.0. The van der Waals surface area contributed by atoms with Gasteiger partial charge in [0, 0.05) is 0 Å². The molecule has 2 fully saturated rings. The van der Waals surface area contributed by atoms with E-state index in [0.29, 0.717) is 12.5 Å². The van der Waals surface area contributed by atoms with E-state index in [1.165, 1.54) is 32.1 Å². The first kappa shape index (κ1) is 16.4. The van der Waals surface area contributed by atoms with Crippen molar-refractivity contribution >= 4 is 22.8 Å². The first-order chi connectivity index (χ1) is 11.2. The zero-order valence-electron chi connectivity index (χ0n) is 13.3. The number of carbonyl (C=O) groups is 1. The number of hydrogen-bond acceptors (Lipinski definition) is 4. The summed E-state index contributed by atoms with van der Waals surface area (Å²) in [6.07, 6.45) is 9.41. The van der Waals surface area contributed by atoms with Crippen LogP contribution in [0.25, 0.3) is 0 Å². The van der Waals surface area contributed by atoms with Crippen molar-refractivity contribution < 1.29 is 9.90 Å². The highest BCUT2D eigenvalue weighted by Crippen LogP contribution is 2.26. The van der Waals surface area contributed by atoms with Crippen molar-refractivity contribution in [1.82, 2.24) is 5.32 Å². The van der Waals surface area contributed by atoms with Gasteiger partial charge in [0.25, 0.3) is 0 Å². The normalized spacial score (nSPS) is 25.1. The largest absolute Gasteiger partial charge is 0.508 e. The maximum Gasteiger partial charge on any atom is 0.239 e. The van der Waals surface area contributed by atoms with Crippen LogP contribution in [0.2, 0.25) is 0 Å². The molecule has 23 heavy (non-hydrogen) atoms. The Bertz CT molecular complexity index is 563. The molecule has 1 aromatic rings. The average molecular weight is 332 g/mol. The van der Waals surface area contributed by atoms with E-state index < -0.39 is 0 Å². The lowest BCUT2D eigenvalue weighted by Gasteiger charge is -2.16. The molecule has 0 spiro atoms. The molecule has 1 aliphatic carbocycles. The van der Waals surface area contributed by atoms with E-state index in [1.807, 2.05) is 12.1 Å². The third-order valence-electron chi connectivity index (χ3n) is 4.51. The van der Waals surface area contributed by atoms with Crippen LogP contribution in [0.15, 0.2) is 29.3 Å². The fraction of sp³-hybridized carbons (Fsp3) is 0.556. The van der Waals surface area contributed by atoms with Crippen LogP contribution in [-0.2, 0) is 11.2 Å². The summed E-state index contributed by atoms with van der Waals surface area (Å²) in [5.41, 5.74) is 1.06. The summed E-state index contributed by atoms with van der Waals surface area (Å²) in [6.45, 7) is 0. The molecule has 1 aromatic carbocycles. The maximum atomic E-state index is 12.2. The zero-order valence-corrected chi connectivity index (χ0v) is 14.1. The number of rotatable bonds is 3. The molecule has 0 radical (unpaired) electrons. The van der Waals surface area contributed by atoms with Crippen LogP contribution in [0.3, 0.4) is 0 Å². The highest BCUT2D eigenvalue weighted by molar-refractivity contribution is 8.15. The third-order valence-corrected chi connectivity index (χ3v) is 5.60. The topological polar surface area (TPSA) is 61.7 Å². The Labute approximate surface area is 141 Å². The minimum Gasteiger partial charge on any atom is -0.508 e. The van der Waals surface area contributed by atoms with Gasteiger partial charge in [-0.3, -0.25) is 9.79 Å². The molecule has 2 N–H and O–H groups in total. The fourth-order valence-corrected chi connectivity index (χ4v) is 4.26. The first-order valence-electron chi connectivity index (χ1n) is 8.54. The van der Waals surface area contributed by atoms with Crippen molar-refractivity contribution in [3.05, 3.63) is 29.8 Å². The smallest absolute Gasteiger partial charge is 0.239 e. The summed E-state index contributed by atoms with van der Waals surface area (Å²) in [5, 5.41) is 13.0. The molecule has 1 saturated heterocycles. The summed E-state index contributed by atoms with van der Waals surface area (Å²) < 4.78 is 0.